The first-order valence-electron chi connectivity index (χ1n) is 7.52. The number of rotatable bonds is 7. The molecule has 1 unspecified atom stereocenters. The molecule has 0 bridgehead atoms. The third kappa shape index (κ3) is 3.83. The van der Waals surface area contributed by atoms with E-state index in [4.69, 9.17) is 11.6 Å². The van der Waals surface area contributed by atoms with Crippen LogP contribution in [0, 0.1) is 6.92 Å². The van der Waals surface area contributed by atoms with Crippen LogP contribution < -0.4 is 5.32 Å². The van der Waals surface area contributed by atoms with Gasteiger partial charge in [0.1, 0.15) is 0 Å². The van der Waals surface area contributed by atoms with Crippen LogP contribution in [0.1, 0.15) is 43.3 Å². The third-order valence-electron chi connectivity index (χ3n) is 3.58. The molecule has 0 amide bonds. The van der Waals surface area contributed by atoms with Gasteiger partial charge in [0, 0.05) is 31.4 Å². The molecule has 2 heterocycles. The van der Waals surface area contributed by atoms with Crippen LogP contribution in [0.15, 0.2) is 24.5 Å². The van der Waals surface area contributed by atoms with Gasteiger partial charge < -0.3 is 5.32 Å². The molecule has 4 nitrogen and oxygen atoms in total. The van der Waals surface area contributed by atoms with E-state index >= 15 is 0 Å². The summed E-state index contributed by atoms with van der Waals surface area (Å²) in [7, 11) is 0. The summed E-state index contributed by atoms with van der Waals surface area (Å²) in [6.45, 7) is 8.01. The molecule has 0 radical (unpaired) electrons. The van der Waals surface area contributed by atoms with Gasteiger partial charge in [0.15, 0.2) is 0 Å². The van der Waals surface area contributed by atoms with E-state index in [-0.39, 0.29) is 6.04 Å². The Bertz CT molecular complexity index is 565. The van der Waals surface area contributed by atoms with Gasteiger partial charge in [-0.15, -0.1) is 0 Å². The zero-order valence-corrected chi connectivity index (χ0v) is 13.7. The Morgan fingerprint density at radius 1 is 1.38 bits per heavy atom. The number of pyridine rings is 1. The summed E-state index contributed by atoms with van der Waals surface area (Å²) >= 11 is 6.43. The molecule has 2 aromatic heterocycles. The number of aromatic nitrogens is 3. The molecule has 0 aliphatic heterocycles. The minimum Gasteiger partial charge on any atom is -0.310 e. The maximum atomic E-state index is 6.43. The molecule has 0 aliphatic carbocycles. The summed E-state index contributed by atoms with van der Waals surface area (Å²) in [4.78, 5) is 4.23. The summed E-state index contributed by atoms with van der Waals surface area (Å²) < 4.78 is 1.99. The second-order valence-corrected chi connectivity index (χ2v) is 5.54. The SMILES string of the molecule is CCCNC(Cc1c(Cl)c(C)nn1CC)c1cccnc1. The highest BCUT2D eigenvalue weighted by atomic mass is 35.5. The van der Waals surface area contributed by atoms with E-state index in [0.29, 0.717) is 0 Å². The van der Waals surface area contributed by atoms with Crippen molar-refractivity contribution < 1.29 is 0 Å². The summed E-state index contributed by atoms with van der Waals surface area (Å²) in [6, 6.07) is 4.28. The summed E-state index contributed by atoms with van der Waals surface area (Å²) in [5, 5.41) is 8.86. The van der Waals surface area contributed by atoms with Crippen LogP contribution in [-0.4, -0.2) is 21.3 Å². The highest BCUT2D eigenvalue weighted by molar-refractivity contribution is 6.31. The standard InChI is InChI=1S/C16H23ClN4/c1-4-8-19-14(13-7-6-9-18-11-13)10-15-16(17)12(3)20-21(15)5-2/h6-7,9,11,14,19H,4-5,8,10H2,1-3H3. The Balaban J connectivity index is 2.27. The van der Waals surface area contributed by atoms with E-state index in [1.54, 1.807) is 6.20 Å². The van der Waals surface area contributed by atoms with Gasteiger partial charge in [-0.3, -0.25) is 9.67 Å². The maximum absolute atomic E-state index is 6.43. The molecular formula is C16H23ClN4. The average molecular weight is 307 g/mol. The Kier molecular flexibility index (Phi) is 5.76. The predicted molar refractivity (Wildman–Crippen MR) is 86.6 cm³/mol. The minimum atomic E-state index is 0.206. The van der Waals surface area contributed by atoms with Gasteiger partial charge in [-0.2, -0.15) is 5.10 Å². The number of nitrogens with zero attached hydrogens (tertiary/aromatic N) is 3. The number of halogens is 1. The molecule has 0 saturated carbocycles. The Hall–Kier alpha value is -1.39. The fourth-order valence-corrected chi connectivity index (χ4v) is 2.68. The molecular weight excluding hydrogens is 284 g/mol. The normalized spacial score (nSPS) is 12.6. The van der Waals surface area contributed by atoms with Gasteiger partial charge in [-0.05, 0) is 38.4 Å². The van der Waals surface area contributed by atoms with Crippen molar-refractivity contribution in [1.82, 2.24) is 20.1 Å². The largest absolute Gasteiger partial charge is 0.310 e. The summed E-state index contributed by atoms with van der Waals surface area (Å²) in [6.07, 6.45) is 5.63. The lowest BCUT2D eigenvalue weighted by Gasteiger charge is -2.19. The van der Waals surface area contributed by atoms with Gasteiger partial charge in [0.2, 0.25) is 0 Å². The van der Waals surface area contributed by atoms with Crippen molar-refractivity contribution in [2.24, 2.45) is 0 Å². The molecule has 1 atom stereocenters. The van der Waals surface area contributed by atoms with Crippen molar-refractivity contribution in [3.8, 4) is 0 Å². The molecule has 1 N–H and O–H groups in total. The van der Waals surface area contributed by atoms with E-state index in [1.165, 1.54) is 5.56 Å². The molecule has 0 spiro atoms. The van der Waals surface area contributed by atoms with Gasteiger partial charge in [0.25, 0.3) is 0 Å². The van der Waals surface area contributed by atoms with E-state index in [9.17, 15) is 0 Å². The molecule has 21 heavy (non-hydrogen) atoms. The second-order valence-electron chi connectivity index (χ2n) is 5.16. The molecule has 5 heteroatoms. The smallest absolute Gasteiger partial charge is 0.0847 e. The van der Waals surface area contributed by atoms with E-state index < -0.39 is 0 Å². The minimum absolute atomic E-state index is 0.206. The lowest BCUT2D eigenvalue weighted by atomic mass is 10.0. The third-order valence-corrected chi connectivity index (χ3v) is 4.07. The van der Waals surface area contributed by atoms with Crippen molar-refractivity contribution in [1.29, 1.82) is 0 Å². The van der Waals surface area contributed by atoms with Crippen LogP contribution in [-0.2, 0) is 13.0 Å². The topological polar surface area (TPSA) is 42.7 Å². The van der Waals surface area contributed by atoms with Crippen molar-refractivity contribution in [3.05, 3.63) is 46.5 Å². The van der Waals surface area contributed by atoms with E-state index in [1.807, 2.05) is 23.9 Å². The van der Waals surface area contributed by atoms with Crippen molar-refractivity contribution in [2.75, 3.05) is 6.54 Å². The van der Waals surface area contributed by atoms with Gasteiger partial charge in [-0.25, -0.2) is 0 Å². The zero-order valence-electron chi connectivity index (χ0n) is 12.9. The molecule has 114 valence electrons. The van der Waals surface area contributed by atoms with Crippen LogP contribution in [0.25, 0.3) is 0 Å². The summed E-state index contributed by atoms with van der Waals surface area (Å²) in [5.41, 5.74) is 3.17. The zero-order chi connectivity index (χ0) is 15.2. The summed E-state index contributed by atoms with van der Waals surface area (Å²) in [5.74, 6) is 0. The fraction of sp³-hybridized carbons (Fsp3) is 0.500. The molecule has 0 aliphatic rings. The van der Waals surface area contributed by atoms with Crippen LogP contribution in [0.3, 0.4) is 0 Å². The Morgan fingerprint density at radius 2 is 2.19 bits per heavy atom. The van der Waals surface area contributed by atoms with Gasteiger partial charge in [-0.1, -0.05) is 24.6 Å². The lowest BCUT2D eigenvalue weighted by molar-refractivity contribution is 0.501. The van der Waals surface area contributed by atoms with Crippen LogP contribution >= 0.6 is 11.6 Å². The van der Waals surface area contributed by atoms with E-state index in [0.717, 1.165) is 42.3 Å². The number of aryl methyl sites for hydroxylation is 2. The first-order valence-corrected chi connectivity index (χ1v) is 7.90. The molecule has 2 rings (SSSR count). The molecule has 0 fully saturated rings. The van der Waals surface area contributed by atoms with Crippen molar-refractivity contribution in [3.63, 3.8) is 0 Å². The fourth-order valence-electron chi connectivity index (χ4n) is 2.47. The second kappa shape index (κ2) is 7.57. The molecule has 2 aromatic rings. The van der Waals surface area contributed by atoms with Crippen LogP contribution in [0.5, 0.6) is 0 Å². The lowest BCUT2D eigenvalue weighted by Crippen LogP contribution is -2.25. The number of hydrogen-bond acceptors (Lipinski definition) is 3. The average Bonchev–Trinajstić information content (AvgIpc) is 2.79. The molecule has 0 saturated heterocycles. The monoisotopic (exact) mass is 306 g/mol. The van der Waals surface area contributed by atoms with Gasteiger partial charge in [0.05, 0.1) is 16.4 Å². The molecule has 0 aromatic carbocycles. The predicted octanol–water partition coefficient (Wildman–Crippen LogP) is 3.54. The first kappa shape index (κ1) is 16.0. The van der Waals surface area contributed by atoms with Crippen LogP contribution in [0.2, 0.25) is 5.02 Å². The highest BCUT2D eigenvalue weighted by Gasteiger charge is 2.19. The Morgan fingerprint density at radius 3 is 2.81 bits per heavy atom. The number of hydrogen-bond donors (Lipinski definition) is 1. The maximum Gasteiger partial charge on any atom is 0.0847 e. The van der Waals surface area contributed by atoms with Gasteiger partial charge >= 0.3 is 0 Å². The van der Waals surface area contributed by atoms with Crippen LogP contribution in [0.4, 0.5) is 0 Å². The van der Waals surface area contributed by atoms with E-state index in [2.05, 4.69) is 35.3 Å². The first-order chi connectivity index (χ1) is 10.2. The van der Waals surface area contributed by atoms with Crippen molar-refractivity contribution in [2.45, 2.75) is 46.2 Å². The number of nitrogens with one attached hydrogen (secondary N) is 1. The Labute approximate surface area is 131 Å². The van der Waals surface area contributed by atoms with Crippen molar-refractivity contribution >= 4 is 11.6 Å². The quantitative estimate of drug-likeness (QED) is 0.851. The highest BCUT2D eigenvalue weighted by Crippen LogP contribution is 2.26.